The highest BCUT2D eigenvalue weighted by Gasteiger charge is 2.14. The third kappa shape index (κ3) is 5.53. The molecule has 7 nitrogen and oxygen atoms in total. The van der Waals surface area contributed by atoms with E-state index in [9.17, 15) is 14.4 Å². The smallest absolute Gasteiger partial charge is 0.339 e. The van der Waals surface area contributed by atoms with Crippen molar-refractivity contribution in [1.82, 2.24) is 10.6 Å². The van der Waals surface area contributed by atoms with Crippen molar-refractivity contribution in [3.8, 4) is 5.75 Å². The van der Waals surface area contributed by atoms with Crippen LogP contribution in [-0.4, -0.2) is 36.2 Å². The molecule has 0 unspecified atom stereocenters. The number of carboxylic acid groups (broad SMARTS) is 1. The van der Waals surface area contributed by atoms with E-state index < -0.39 is 24.5 Å². The van der Waals surface area contributed by atoms with Gasteiger partial charge in [0.15, 0.2) is 6.61 Å². The third-order valence-electron chi connectivity index (χ3n) is 2.19. The van der Waals surface area contributed by atoms with Gasteiger partial charge in [0.1, 0.15) is 11.3 Å². The summed E-state index contributed by atoms with van der Waals surface area (Å²) in [6.07, 6.45) is 1.45. The average Bonchev–Trinajstić information content (AvgIpc) is 2.42. The Balaban J connectivity index is 2.60. The highest BCUT2D eigenvalue weighted by molar-refractivity contribution is 6.30. The zero-order chi connectivity index (χ0) is 15.8. The molecule has 0 saturated carbocycles. The Morgan fingerprint density at radius 3 is 2.71 bits per heavy atom. The van der Waals surface area contributed by atoms with Gasteiger partial charge in [-0.25, -0.2) is 9.59 Å². The lowest BCUT2D eigenvalue weighted by molar-refractivity contribution is -0.122. The lowest BCUT2D eigenvalue weighted by atomic mass is 10.2. The van der Waals surface area contributed by atoms with Gasteiger partial charge in [0.2, 0.25) is 0 Å². The summed E-state index contributed by atoms with van der Waals surface area (Å²) in [5.41, 5.74) is -0.136. The zero-order valence-electron chi connectivity index (χ0n) is 10.9. The fourth-order valence-corrected chi connectivity index (χ4v) is 1.47. The molecule has 0 atom stereocenters. The molecule has 112 valence electrons. The Morgan fingerprint density at radius 2 is 2.10 bits per heavy atom. The van der Waals surface area contributed by atoms with Gasteiger partial charge in [-0.3, -0.25) is 10.1 Å². The van der Waals surface area contributed by atoms with E-state index in [-0.39, 0.29) is 22.9 Å². The molecule has 0 aliphatic rings. The maximum atomic E-state index is 11.5. The van der Waals surface area contributed by atoms with Crippen LogP contribution in [0.4, 0.5) is 4.79 Å². The van der Waals surface area contributed by atoms with E-state index in [1.165, 1.54) is 24.3 Å². The van der Waals surface area contributed by atoms with Crippen molar-refractivity contribution in [3.63, 3.8) is 0 Å². The number of imide groups is 1. The van der Waals surface area contributed by atoms with Crippen molar-refractivity contribution in [2.75, 3.05) is 13.2 Å². The Labute approximate surface area is 125 Å². The molecule has 1 aromatic carbocycles. The second kappa shape index (κ2) is 7.91. The van der Waals surface area contributed by atoms with E-state index in [2.05, 4.69) is 11.9 Å². The molecule has 0 radical (unpaired) electrons. The molecule has 3 amide bonds. The molecular formula is C13H13ClN2O5. The van der Waals surface area contributed by atoms with E-state index in [1.54, 1.807) is 0 Å². The van der Waals surface area contributed by atoms with E-state index in [4.69, 9.17) is 21.4 Å². The van der Waals surface area contributed by atoms with Gasteiger partial charge in [0.05, 0.1) is 0 Å². The Morgan fingerprint density at radius 1 is 1.38 bits per heavy atom. The van der Waals surface area contributed by atoms with Crippen LogP contribution >= 0.6 is 11.6 Å². The third-order valence-corrected chi connectivity index (χ3v) is 2.43. The summed E-state index contributed by atoms with van der Waals surface area (Å²) in [5.74, 6) is -2.00. The number of nitrogens with one attached hydrogen (secondary N) is 2. The minimum absolute atomic E-state index is 0.0587. The Kier molecular flexibility index (Phi) is 6.22. The number of carbonyl (C=O) groups is 3. The second-order valence-electron chi connectivity index (χ2n) is 3.78. The number of halogens is 1. The summed E-state index contributed by atoms with van der Waals surface area (Å²) in [6.45, 7) is 3.08. The van der Waals surface area contributed by atoms with E-state index in [0.717, 1.165) is 0 Å². The number of hydrogen-bond donors (Lipinski definition) is 3. The number of amides is 3. The predicted molar refractivity (Wildman–Crippen MR) is 75.6 cm³/mol. The average molecular weight is 313 g/mol. The lowest BCUT2D eigenvalue weighted by Crippen LogP contribution is -2.41. The van der Waals surface area contributed by atoms with Crippen LogP contribution in [0.1, 0.15) is 10.4 Å². The molecule has 0 saturated heterocycles. The van der Waals surface area contributed by atoms with Gasteiger partial charge in [0, 0.05) is 11.6 Å². The van der Waals surface area contributed by atoms with Crippen LogP contribution < -0.4 is 15.4 Å². The van der Waals surface area contributed by atoms with Crippen molar-refractivity contribution < 1.29 is 24.2 Å². The SMILES string of the molecule is C=CCNC(=O)NC(=O)COc1cc(Cl)ccc1C(=O)O. The summed E-state index contributed by atoms with van der Waals surface area (Å²) in [6, 6.07) is 3.22. The molecule has 0 heterocycles. The number of hydrogen-bond acceptors (Lipinski definition) is 4. The molecule has 0 bridgehead atoms. The van der Waals surface area contributed by atoms with Crippen molar-refractivity contribution in [2.24, 2.45) is 0 Å². The summed E-state index contributed by atoms with van der Waals surface area (Å²) in [4.78, 5) is 33.6. The molecular weight excluding hydrogens is 300 g/mol. The van der Waals surface area contributed by atoms with Gasteiger partial charge in [-0.1, -0.05) is 17.7 Å². The molecule has 8 heteroatoms. The predicted octanol–water partition coefficient (Wildman–Crippen LogP) is 1.43. The zero-order valence-corrected chi connectivity index (χ0v) is 11.6. The fraction of sp³-hybridized carbons (Fsp3) is 0.154. The van der Waals surface area contributed by atoms with Crippen LogP contribution in [0.3, 0.4) is 0 Å². The standard InChI is InChI=1S/C13H13ClN2O5/c1-2-5-15-13(20)16-11(17)7-21-10-6-8(14)3-4-9(10)12(18)19/h2-4,6H,1,5,7H2,(H,18,19)(H2,15,16,17,20). The number of aromatic carboxylic acids is 1. The Hall–Kier alpha value is -2.54. The minimum atomic E-state index is -1.22. The first kappa shape index (κ1) is 16.5. The molecule has 0 aliphatic heterocycles. The summed E-state index contributed by atoms with van der Waals surface area (Å²) in [7, 11) is 0. The summed E-state index contributed by atoms with van der Waals surface area (Å²) in [5, 5.41) is 13.6. The summed E-state index contributed by atoms with van der Waals surface area (Å²) >= 11 is 5.73. The van der Waals surface area contributed by atoms with Crippen molar-refractivity contribution in [1.29, 1.82) is 0 Å². The highest BCUT2D eigenvalue weighted by atomic mass is 35.5. The number of carbonyl (C=O) groups excluding carboxylic acids is 2. The van der Waals surface area contributed by atoms with Gasteiger partial charge < -0.3 is 15.2 Å². The first-order chi connectivity index (χ1) is 9.93. The van der Waals surface area contributed by atoms with Crippen LogP contribution in [0.2, 0.25) is 5.02 Å². The van der Waals surface area contributed by atoms with Crippen LogP contribution in [0.5, 0.6) is 5.75 Å². The van der Waals surface area contributed by atoms with Crippen LogP contribution in [-0.2, 0) is 4.79 Å². The maximum Gasteiger partial charge on any atom is 0.339 e. The number of ether oxygens (including phenoxy) is 1. The van der Waals surface area contributed by atoms with E-state index in [0.29, 0.717) is 0 Å². The number of benzene rings is 1. The van der Waals surface area contributed by atoms with E-state index in [1.807, 2.05) is 5.32 Å². The van der Waals surface area contributed by atoms with Crippen molar-refractivity contribution in [2.45, 2.75) is 0 Å². The van der Waals surface area contributed by atoms with Gasteiger partial charge >= 0.3 is 12.0 Å². The molecule has 3 N–H and O–H groups in total. The van der Waals surface area contributed by atoms with Crippen LogP contribution in [0.25, 0.3) is 0 Å². The number of urea groups is 1. The quantitative estimate of drug-likeness (QED) is 0.689. The second-order valence-corrected chi connectivity index (χ2v) is 4.22. The van der Waals surface area contributed by atoms with Crippen molar-refractivity contribution in [3.05, 3.63) is 41.4 Å². The Bertz CT molecular complexity index is 574. The molecule has 0 fully saturated rings. The van der Waals surface area contributed by atoms with E-state index >= 15 is 0 Å². The molecule has 21 heavy (non-hydrogen) atoms. The highest BCUT2D eigenvalue weighted by Crippen LogP contribution is 2.23. The lowest BCUT2D eigenvalue weighted by Gasteiger charge is -2.09. The van der Waals surface area contributed by atoms with Gasteiger partial charge in [-0.05, 0) is 18.2 Å². The summed E-state index contributed by atoms with van der Waals surface area (Å²) < 4.78 is 5.07. The van der Waals surface area contributed by atoms with Gasteiger partial charge in [-0.15, -0.1) is 6.58 Å². The normalized spacial score (nSPS) is 9.57. The largest absolute Gasteiger partial charge is 0.483 e. The maximum absolute atomic E-state index is 11.5. The van der Waals surface area contributed by atoms with Crippen LogP contribution in [0.15, 0.2) is 30.9 Å². The molecule has 0 aromatic heterocycles. The molecule has 0 aliphatic carbocycles. The topological polar surface area (TPSA) is 105 Å². The first-order valence-electron chi connectivity index (χ1n) is 5.78. The van der Waals surface area contributed by atoms with Gasteiger partial charge in [0.25, 0.3) is 5.91 Å². The number of rotatable bonds is 6. The minimum Gasteiger partial charge on any atom is -0.483 e. The number of carboxylic acids is 1. The first-order valence-corrected chi connectivity index (χ1v) is 6.16. The van der Waals surface area contributed by atoms with Crippen molar-refractivity contribution >= 4 is 29.5 Å². The van der Waals surface area contributed by atoms with Crippen LogP contribution in [0, 0.1) is 0 Å². The fourth-order valence-electron chi connectivity index (χ4n) is 1.31. The molecule has 0 spiro atoms. The molecule has 1 rings (SSSR count). The monoisotopic (exact) mass is 312 g/mol. The molecule has 1 aromatic rings. The van der Waals surface area contributed by atoms with Gasteiger partial charge in [-0.2, -0.15) is 0 Å².